The maximum absolute atomic E-state index is 11.8. The average Bonchev–Trinajstić information content (AvgIpc) is 2.18. The molecule has 0 aromatic carbocycles. The Morgan fingerprint density at radius 2 is 0.375 bits per heavy atom. The van der Waals surface area contributed by atoms with Gasteiger partial charge in [0.1, 0.15) is 195 Å². The molecule has 22 aliphatic rings. The number of rotatable bonds is 10. The smallest absolute Gasteiger partial charge is 0.187 e. The molecule has 22 heterocycles. The van der Waals surface area contributed by atoms with Crippen LogP contribution < -0.4 is 0 Å². The van der Waals surface area contributed by atoms with Crippen LogP contribution in [0.3, 0.4) is 0 Å². The van der Waals surface area contributed by atoms with E-state index in [0.29, 0.717) is 0 Å². The molecule has 0 radical (unpaired) electrons. The van der Waals surface area contributed by atoms with Crippen molar-refractivity contribution < 1.29 is 198 Å². The van der Waals surface area contributed by atoms with Crippen LogP contribution in [-0.2, 0) is 75.8 Å². The molecule has 88 heavy (non-hydrogen) atoms. The lowest BCUT2D eigenvalue weighted by atomic mass is 9.95. The van der Waals surface area contributed by atoms with E-state index >= 15 is 0 Å². The second kappa shape index (κ2) is 30.0. The van der Waals surface area contributed by atoms with Crippen LogP contribution in [-0.4, -0.2) is 421 Å². The van der Waals surface area contributed by atoms with Crippen LogP contribution in [0, 0.1) is 0 Å². The fourth-order valence-corrected chi connectivity index (χ4v) is 11.8. The maximum atomic E-state index is 11.8. The monoisotopic (exact) mass is 1300 g/mol. The minimum atomic E-state index is -2.35. The van der Waals surface area contributed by atoms with Crippen molar-refractivity contribution in [3.63, 3.8) is 0 Å². The van der Waals surface area contributed by atoms with Gasteiger partial charge in [-0.05, 0) is 0 Å². The average molecular weight is 1300 g/mol. The van der Waals surface area contributed by atoms with Crippen molar-refractivity contribution in [2.45, 2.75) is 246 Å². The van der Waals surface area contributed by atoms with Gasteiger partial charge in [-0.15, -0.1) is 0 Å². The fraction of sp³-hybridized carbons (Fsp3) is 1.00. The Hall–Kier alpha value is -1.60. The van der Waals surface area contributed by atoms with E-state index in [-0.39, 0.29) is 0 Å². The third-order valence-corrected chi connectivity index (χ3v) is 16.9. The molecule has 0 unspecified atom stereocenters. The Bertz CT molecular complexity index is 2130. The summed E-state index contributed by atoms with van der Waals surface area (Å²) >= 11 is 0. The highest BCUT2D eigenvalue weighted by Crippen LogP contribution is 2.39. The standard InChI is InChI=1S/C48H80O40/c49-1-9-17(56)18(57)26(65)41(74-9)73-8-16-40-25(64)33(72)48(81-16)87-39-15(7-55)79-46(31(70)23(39)62)85-37-13(5-53)77-44(29(68)21(37)60)83-35-11(3-51)75-42(27(66)19(35)58)82-34-10(2-50)76-43(28(67)20(34)59)84-36-12(4-52)78-45(30(69)22(36)61)86-38-14(6-54)80-47(88-40)32(71)24(38)63/h9-72H,1-8H2/t9-,10-,11-,12-,13-,14-,15-,16-,17-,18+,19-,20-,21-,22-,23-,24-,25-,26-,27-,28-,29-,30-,31-,32-,33-,34-,35-,36-,37-,38-,39-,40-,41+,42-,43-,44-,45-,46-,47-,48-/m1/s1. The Labute approximate surface area is 496 Å². The van der Waals surface area contributed by atoms with Crippen LogP contribution in [0.1, 0.15) is 0 Å². The number of hydrogen-bond acceptors (Lipinski definition) is 40. The molecule has 40 nitrogen and oxygen atoms in total. The third kappa shape index (κ3) is 13.9. The van der Waals surface area contributed by atoms with E-state index < -0.39 is 299 Å². The Kier molecular flexibility index (Phi) is 24.1. The summed E-state index contributed by atoms with van der Waals surface area (Å²) in [5.74, 6) is 0. The molecule has 0 saturated carbocycles. The summed E-state index contributed by atoms with van der Waals surface area (Å²) in [7, 11) is 0. The molecule has 24 N–H and O–H groups in total. The lowest BCUT2D eigenvalue weighted by molar-refractivity contribution is -0.399. The highest BCUT2D eigenvalue weighted by molar-refractivity contribution is 5.02. The summed E-state index contributed by atoms with van der Waals surface area (Å²) in [5.41, 5.74) is 0. The second-order valence-electron chi connectivity index (χ2n) is 22.5. The first-order valence-corrected chi connectivity index (χ1v) is 28.1. The highest BCUT2D eigenvalue weighted by Gasteiger charge is 2.60. The zero-order chi connectivity index (χ0) is 64.1. The van der Waals surface area contributed by atoms with Gasteiger partial charge in [-0.25, -0.2) is 0 Å². The largest absolute Gasteiger partial charge is 0.394 e. The summed E-state index contributed by atoms with van der Waals surface area (Å²) in [4.78, 5) is 0. The van der Waals surface area contributed by atoms with Crippen molar-refractivity contribution in [1.82, 2.24) is 0 Å². The molecule has 0 aliphatic carbocycles. The van der Waals surface area contributed by atoms with Gasteiger partial charge in [0.25, 0.3) is 0 Å². The van der Waals surface area contributed by atoms with Crippen LogP contribution >= 0.6 is 0 Å². The van der Waals surface area contributed by atoms with E-state index in [1.807, 2.05) is 0 Å². The zero-order valence-corrected chi connectivity index (χ0v) is 46.0. The number of aliphatic hydroxyl groups excluding tert-OH is 24. The van der Waals surface area contributed by atoms with E-state index in [1.165, 1.54) is 0 Å². The molecule has 14 bridgehead atoms. The SMILES string of the molecule is OC[C@H]1O[C@H](OC[C@H]2O[C@@H]3O[C@H]4[C@H](O)[C@@H](O)[C@@H](O[C@H]5[C@H](O)[C@@H](O)[C@@H](O[C@H]6[C@H](O)[C@@H](O)[C@@H](O[C@H]7[C@H](O)[C@@H](O)[C@@H](O[C@H]8[C@H](O)[C@@H](O)[C@@H](O[C@H]9[C@H](O)[C@@H](O)[C@@H](O[C@H]2[C@H](O)[C@H]3O)O[C@@H]9CO)O[C@@H]8CO)O[C@@H]7CO)O[C@@H]6CO)O[C@@H]5CO)O[C@@H]4CO)[C@H](O)[C@@H](O)[C@@H]1O. The molecule has 0 aromatic heterocycles. The summed E-state index contributed by atoms with van der Waals surface area (Å²) in [6.07, 6.45) is -82.6. The van der Waals surface area contributed by atoms with Crippen LogP contribution in [0.2, 0.25) is 0 Å². The minimum Gasteiger partial charge on any atom is -0.394 e. The number of aliphatic hydroxyl groups is 24. The van der Waals surface area contributed by atoms with Crippen LogP contribution in [0.15, 0.2) is 0 Å². The first kappa shape index (κ1) is 70.7. The summed E-state index contributed by atoms with van der Waals surface area (Å²) < 4.78 is 91.6. The van der Waals surface area contributed by atoms with Gasteiger partial charge in [0.05, 0.1) is 52.9 Å². The molecule has 40 atom stereocenters. The Morgan fingerprint density at radius 3 is 0.580 bits per heavy atom. The predicted molar refractivity (Wildman–Crippen MR) is 261 cm³/mol. The molecule has 0 amide bonds. The van der Waals surface area contributed by atoms with Gasteiger partial charge >= 0.3 is 0 Å². The van der Waals surface area contributed by atoms with E-state index in [0.717, 1.165) is 0 Å². The fourth-order valence-electron chi connectivity index (χ4n) is 11.8. The molecule has 0 spiro atoms. The first-order valence-electron chi connectivity index (χ1n) is 28.1. The van der Waals surface area contributed by atoms with E-state index in [9.17, 15) is 123 Å². The predicted octanol–water partition coefficient (Wildman–Crippen LogP) is -17.4. The Balaban J connectivity index is 1.02. The van der Waals surface area contributed by atoms with Crippen LogP contribution in [0.5, 0.6) is 0 Å². The van der Waals surface area contributed by atoms with E-state index in [2.05, 4.69) is 0 Å². The molecule has 22 aliphatic heterocycles. The van der Waals surface area contributed by atoms with Crippen molar-refractivity contribution in [3.05, 3.63) is 0 Å². The lowest BCUT2D eigenvalue weighted by Gasteiger charge is -2.50. The summed E-state index contributed by atoms with van der Waals surface area (Å²) in [6.45, 7) is -8.51. The maximum Gasteiger partial charge on any atom is 0.187 e. The molecule has 40 heteroatoms. The van der Waals surface area contributed by atoms with Gasteiger partial charge in [-0.1, -0.05) is 0 Å². The Morgan fingerprint density at radius 1 is 0.182 bits per heavy atom. The van der Waals surface area contributed by atoms with Crippen LogP contribution in [0.25, 0.3) is 0 Å². The molecule has 0 aromatic rings. The van der Waals surface area contributed by atoms with Crippen LogP contribution in [0.4, 0.5) is 0 Å². The van der Waals surface area contributed by atoms with Crippen molar-refractivity contribution >= 4 is 0 Å². The van der Waals surface area contributed by atoms with Gasteiger partial charge in [0.2, 0.25) is 0 Å². The quantitative estimate of drug-likeness (QED) is 0.0966. The first-order chi connectivity index (χ1) is 41.9. The zero-order valence-electron chi connectivity index (χ0n) is 46.0. The topological polar surface area (TPSA) is 633 Å². The van der Waals surface area contributed by atoms with Crippen molar-refractivity contribution in [1.29, 1.82) is 0 Å². The van der Waals surface area contributed by atoms with E-state index in [1.54, 1.807) is 0 Å². The minimum absolute atomic E-state index is 0.919. The second-order valence-corrected chi connectivity index (χ2v) is 22.5. The molecular weight excluding hydrogens is 1220 g/mol. The molecule has 22 fully saturated rings. The summed E-state index contributed by atoms with van der Waals surface area (Å²) in [6, 6.07) is 0. The van der Waals surface area contributed by atoms with Gasteiger partial charge in [0.15, 0.2) is 50.3 Å². The lowest BCUT2D eigenvalue weighted by Crippen LogP contribution is -2.68. The molecule has 22 saturated heterocycles. The highest BCUT2D eigenvalue weighted by atomic mass is 16.8. The van der Waals surface area contributed by atoms with Gasteiger partial charge in [-0.3, -0.25) is 0 Å². The summed E-state index contributed by atoms with van der Waals surface area (Å²) in [5, 5.41) is 265. The molecule has 22 rings (SSSR count). The van der Waals surface area contributed by atoms with Gasteiger partial charge in [0, 0.05) is 0 Å². The van der Waals surface area contributed by atoms with Crippen molar-refractivity contribution in [2.75, 3.05) is 52.9 Å². The van der Waals surface area contributed by atoms with Gasteiger partial charge < -0.3 is 198 Å². The molecular formula is C48H80O40. The van der Waals surface area contributed by atoms with Gasteiger partial charge in [-0.2, -0.15) is 0 Å². The normalized spacial score (nSPS) is 55.2. The van der Waals surface area contributed by atoms with Crippen molar-refractivity contribution in [3.8, 4) is 0 Å². The number of hydrogen-bond donors (Lipinski definition) is 24. The molecule has 512 valence electrons. The van der Waals surface area contributed by atoms with Crippen molar-refractivity contribution in [2.24, 2.45) is 0 Å². The van der Waals surface area contributed by atoms with E-state index in [4.69, 9.17) is 75.8 Å². The number of ether oxygens (including phenoxy) is 16. The third-order valence-electron chi connectivity index (χ3n) is 16.9.